The van der Waals surface area contributed by atoms with Crippen LogP contribution in [0.3, 0.4) is 0 Å². The summed E-state index contributed by atoms with van der Waals surface area (Å²) in [6.45, 7) is 4.04. The molecule has 7 nitrogen and oxygen atoms in total. The van der Waals surface area contributed by atoms with Gasteiger partial charge in [-0.15, -0.1) is 0 Å². The normalized spacial score (nSPS) is 13.9. The molecule has 3 rings (SSSR count). The topological polar surface area (TPSA) is 79.0 Å². The molecule has 1 fully saturated rings. The third kappa shape index (κ3) is 5.44. The minimum Gasteiger partial charge on any atom is -0.495 e. The van der Waals surface area contributed by atoms with Gasteiger partial charge in [0.2, 0.25) is 15.9 Å². The van der Waals surface area contributed by atoms with E-state index in [9.17, 15) is 13.2 Å². The molecule has 0 radical (unpaired) electrons. The van der Waals surface area contributed by atoms with E-state index in [0.29, 0.717) is 18.0 Å². The first-order chi connectivity index (χ1) is 14.3. The molecular formula is C22H29N3O4S. The Morgan fingerprint density at radius 2 is 1.80 bits per heavy atom. The minimum atomic E-state index is -3.67. The number of hydrogen-bond donors (Lipinski definition) is 1. The molecule has 1 N–H and O–H groups in total. The molecule has 8 heteroatoms. The minimum absolute atomic E-state index is 0.315. The SMILES string of the molecule is COc1ccc(C)cc1N(CC(=O)NCc1ccc(N2CCCC2)cc1)S(C)(=O)=O. The van der Waals surface area contributed by atoms with E-state index in [-0.39, 0.29) is 12.5 Å². The molecule has 1 heterocycles. The van der Waals surface area contributed by atoms with Crippen molar-refractivity contribution in [2.45, 2.75) is 26.3 Å². The van der Waals surface area contributed by atoms with Gasteiger partial charge in [-0.25, -0.2) is 8.42 Å². The van der Waals surface area contributed by atoms with Gasteiger partial charge in [-0.3, -0.25) is 9.10 Å². The highest BCUT2D eigenvalue weighted by Crippen LogP contribution is 2.30. The average molecular weight is 432 g/mol. The Hall–Kier alpha value is -2.74. The van der Waals surface area contributed by atoms with Crippen molar-refractivity contribution in [3.63, 3.8) is 0 Å². The predicted octanol–water partition coefficient (Wildman–Crippen LogP) is 2.69. The number of anilines is 2. The molecule has 0 saturated carbocycles. The van der Waals surface area contributed by atoms with Crippen LogP contribution in [0.4, 0.5) is 11.4 Å². The number of carbonyl (C=O) groups excluding carboxylic acids is 1. The second-order valence-corrected chi connectivity index (χ2v) is 9.49. The molecule has 2 aromatic carbocycles. The number of methoxy groups -OCH3 is 1. The molecule has 30 heavy (non-hydrogen) atoms. The van der Waals surface area contributed by atoms with Gasteiger partial charge in [0.1, 0.15) is 12.3 Å². The molecule has 0 spiro atoms. The van der Waals surface area contributed by atoms with Gasteiger partial charge in [-0.05, 0) is 55.2 Å². The van der Waals surface area contributed by atoms with Crippen LogP contribution in [0.5, 0.6) is 5.75 Å². The van der Waals surface area contributed by atoms with Crippen LogP contribution in [-0.4, -0.2) is 47.3 Å². The van der Waals surface area contributed by atoms with Gasteiger partial charge < -0.3 is 15.0 Å². The van der Waals surface area contributed by atoms with Crippen molar-refractivity contribution < 1.29 is 17.9 Å². The van der Waals surface area contributed by atoms with Gasteiger partial charge >= 0.3 is 0 Å². The van der Waals surface area contributed by atoms with Crippen LogP contribution in [0.25, 0.3) is 0 Å². The number of carbonyl (C=O) groups is 1. The lowest BCUT2D eigenvalue weighted by Gasteiger charge is -2.24. The van der Waals surface area contributed by atoms with E-state index in [1.807, 2.05) is 25.1 Å². The van der Waals surface area contributed by atoms with Crippen molar-refractivity contribution in [3.05, 3.63) is 53.6 Å². The summed E-state index contributed by atoms with van der Waals surface area (Å²) in [7, 11) is -2.20. The fourth-order valence-electron chi connectivity index (χ4n) is 3.56. The van der Waals surface area contributed by atoms with Gasteiger partial charge in [0, 0.05) is 25.3 Å². The van der Waals surface area contributed by atoms with Crippen LogP contribution in [0.2, 0.25) is 0 Å². The molecule has 2 aromatic rings. The number of amides is 1. The highest BCUT2D eigenvalue weighted by atomic mass is 32.2. The molecule has 0 bridgehead atoms. The smallest absolute Gasteiger partial charge is 0.241 e. The first-order valence-corrected chi connectivity index (χ1v) is 11.9. The highest BCUT2D eigenvalue weighted by Gasteiger charge is 2.24. The van der Waals surface area contributed by atoms with Crippen molar-refractivity contribution >= 4 is 27.3 Å². The third-order valence-electron chi connectivity index (χ3n) is 5.19. The first kappa shape index (κ1) is 22.0. The molecule has 1 aliphatic heterocycles. The molecule has 1 saturated heterocycles. The third-order valence-corrected chi connectivity index (χ3v) is 6.31. The summed E-state index contributed by atoms with van der Waals surface area (Å²) >= 11 is 0. The Morgan fingerprint density at radius 1 is 1.13 bits per heavy atom. The molecule has 0 atom stereocenters. The Balaban J connectivity index is 1.66. The molecule has 0 aliphatic carbocycles. The number of nitrogens with one attached hydrogen (secondary N) is 1. The summed E-state index contributed by atoms with van der Waals surface area (Å²) in [4.78, 5) is 14.9. The van der Waals surface area contributed by atoms with E-state index >= 15 is 0 Å². The fourth-order valence-corrected chi connectivity index (χ4v) is 4.41. The highest BCUT2D eigenvalue weighted by molar-refractivity contribution is 7.92. The summed E-state index contributed by atoms with van der Waals surface area (Å²) in [5.41, 5.74) is 3.38. The second kappa shape index (κ2) is 9.38. The molecule has 1 aliphatic rings. The number of rotatable bonds is 8. The maximum atomic E-state index is 12.5. The first-order valence-electron chi connectivity index (χ1n) is 10.0. The van der Waals surface area contributed by atoms with Crippen molar-refractivity contribution in [2.24, 2.45) is 0 Å². The zero-order valence-electron chi connectivity index (χ0n) is 17.7. The van der Waals surface area contributed by atoms with Crippen LogP contribution < -0.4 is 19.3 Å². The van der Waals surface area contributed by atoms with Gasteiger partial charge in [0.15, 0.2) is 0 Å². The number of sulfonamides is 1. The van der Waals surface area contributed by atoms with E-state index in [4.69, 9.17) is 4.74 Å². The average Bonchev–Trinajstić information content (AvgIpc) is 3.25. The standard InChI is InChI=1S/C22H29N3O4S/c1-17-6-11-21(29-2)20(14-17)25(30(3,27)28)16-22(26)23-15-18-7-9-19(10-8-18)24-12-4-5-13-24/h6-11,14H,4-5,12-13,15-16H2,1-3H3,(H,23,26). The van der Waals surface area contributed by atoms with E-state index in [0.717, 1.165) is 34.8 Å². The summed E-state index contributed by atoms with van der Waals surface area (Å²) in [6, 6.07) is 13.3. The van der Waals surface area contributed by atoms with Crippen LogP contribution in [-0.2, 0) is 21.4 Å². The Labute approximate surface area is 178 Å². The van der Waals surface area contributed by atoms with Crippen LogP contribution in [0, 0.1) is 6.92 Å². The molecule has 1 amide bonds. The fraction of sp³-hybridized carbons (Fsp3) is 0.409. The van der Waals surface area contributed by atoms with Crippen molar-refractivity contribution in [2.75, 3.05) is 42.2 Å². The zero-order valence-corrected chi connectivity index (χ0v) is 18.5. The second-order valence-electron chi connectivity index (χ2n) is 7.58. The number of nitrogens with zero attached hydrogens (tertiary/aromatic N) is 2. The van der Waals surface area contributed by atoms with Crippen LogP contribution >= 0.6 is 0 Å². The van der Waals surface area contributed by atoms with Gasteiger partial charge in [0.25, 0.3) is 0 Å². The van der Waals surface area contributed by atoms with Crippen LogP contribution in [0.15, 0.2) is 42.5 Å². The molecule has 0 aromatic heterocycles. The maximum Gasteiger partial charge on any atom is 0.241 e. The van der Waals surface area contributed by atoms with Gasteiger partial charge in [-0.1, -0.05) is 18.2 Å². The quantitative estimate of drug-likeness (QED) is 0.695. The number of benzene rings is 2. The van der Waals surface area contributed by atoms with E-state index in [1.54, 1.807) is 12.1 Å². The van der Waals surface area contributed by atoms with E-state index in [2.05, 4.69) is 22.3 Å². The van der Waals surface area contributed by atoms with Crippen LogP contribution in [0.1, 0.15) is 24.0 Å². The number of hydrogen-bond acceptors (Lipinski definition) is 5. The lowest BCUT2D eigenvalue weighted by molar-refractivity contribution is -0.119. The molecule has 0 unspecified atom stereocenters. The van der Waals surface area contributed by atoms with Crippen molar-refractivity contribution in [1.82, 2.24) is 5.32 Å². The summed E-state index contributed by atoms with van der Waals surface area (Å²) in [6.07, 6.45) is 3.53. The zero-order chi connectivity index (χ0) is 21.7. The van der Waals surface area contributed by atoms with E-state index < -0.39 is 10.0 Å². The lowest BCUT2D eigenvalue weighted by atomic mass is 10.2. The van der Waals surface area contributed by atoms with Gasteiger partial charge in [-0.2, -0.15) is 0 Å². The monoisotopic (exact) mass is 431 g/mol. The summed E-state index contributed by atoms with van der Waals surface area (Å²) in [5, 5.41) is 2.81. The predicted molar refractivity (Wildman–Crippen MR) is 120 cm³/mol. The lowest BCUT2D eigenvalue weighted by Crippen LogP contribution is -2.40. The molecule has 162 valence electrons. The Bertz CT molecular complexity index is 984. The molecular weight excluding hydrogens is 402 g/mol. The Kier molecular flexibility index (Phi) is 6.87. The Morgan fingerprint density at radius 3 is 2.40 bits per heavy atom. The number of ether oxygens (including phenoxy) is 1. The van der Waals surface area contributed by atoms with E-state index in [1.165, 1.54) is 25.6 Å². The van der Waals surface area contributed by atoms with Crippen molar-refractivity contribution in [3.8, 4) is 5.75 Å². The summed E-state index contributed by atoms with van der Waals surface area (Å²) < 4.78 is 31.1. The summed E-state index contributed by atoms with van der Waals surface area (Å²) in [5.74, 6) is 0.0175. The number of aryl methyl sites for hydroxylation is 1. The largest absolute Gasteiger partial charge is 0.495 e. The maximum absolute atomic E-state index is 12.5. The van der Waals surface area contributed by atoms with Crippen molar-refractivity contribution in [1.29, 1.82) is 0 Å². The van der Waals surface area contributed by atoms with Gasteiger partial charge in [0.05, 0.1) is 19.1 Å².